The van der Waals surface area contributed by atoms with Crippen molar-refractivity contribution < 1.29 is 19.9 Å². The molecule has 1 aliphatic rings. The van der Waals surface area contributed by atoms with Gasteiger partial charge >= 0.3 is 11.7 Å². The molecule has 3 N–H and O–H groups in total. The zero-order valence-electron chi connectivity index (χ0n) is 10.1. The third-order valence-corrected chi connectivity index (χ3v) is 3.46. The van der Waals surface area contributed by atoms with Gasteiger partial charge in [-0.25, -0.2) is 4.79 Å². The van der Waals surface area contributed by atoms with Gasteiger partial charge in [0, 0.05) is 0 Å². The van der Waals surface area contributed by atoms with Crippen LogP contribution in [-0.4, -0.2) is 33.3 Å². The molecule has 1 saturated carbocycles. The van der Waals surface area contributed by atoms with Crippen molar-refractivity contribution in [1.82, 2.24) is 0 Å². The van der Waals surface area contributed by atoms with Gasteiger partial charge in [-0.15, -0.1) is 0 Å². The summed E-state index contributed by atoms with van der Waals surface area (Å²) in [7, 11) is 0. The maximum Gasteiger partial charge on any atom is 0.342 e. The highest BCUT2D eigenvalue weighted by Crippen LogP contribution is 2.38. The monoisotopic (exact) mass is 266 g/mol. The number of anilines is 1. The number of nitrogens with zero attached hydrogens (tertiary/aromatic N) is 1. The summed E-state index contributed by atoms with van der Waals surface area (Å²) in [5, 5.41) is 32.3. The van der Waals surface area contributed by atoms with E-state index in [0.717, 1.165) is 6.42 Å². The summed E-state index contributed by atoms with van der Waals surface area (Å²) in [5.41, 5.74) is -1.25. The smallest absolute Gasteiger partial charge is 0.342 e. The third kappa shape index (κ3) is 2.37. The number of aliphatic hydroxyl groups excluding tert-OH is 1. The second-order valence-electron chi connectivity index (χ2n) is 4.68. The summed E-state index contributed by atoms with van der Waals surface area (Å²) in [4.78, 5) is 21.4. The lowest BCUT2D eigenvalue weighted by Crippen LogP contribution is -2.48. The molecule has 7 nitrogen and oxygen atoms in total. The number of nitro groups is 1. The fourth-order valence-corrected chi connectivity index (χ4v) is 2.23. The summed E-state index contributed by atoms with van der Waals surface area (Å²) in [6, 6.07) is 4.10. The van der Waals surface area contributed by atoms with Crippen molar-refractivity contribution in [3.05, 3.63) is 33.9 Å². The van der Waals surface area contributed by atoms with Crippen molar-refractivity contribution in [2.24, 2.45) is 0 Å². The minimum Gasteiger partial charge on any atom is -0.477 e. The van der Waals surface area contributed by atoms with Crippen molar-refractivity contribution in [2.45, 2.75) is 24.8 Å². The molecule has 0 aromatic heterocycles. The predicted molar refractivity (Wildman–Crippen MR) is 67.3 cm³/mol. The van der Waals surface area contributed by atoms with E-state index in [0.29, 0.717) is 12.8 Å². The summed E-state index contributed by atoms with van der Waals surface area (Å²) in [5.74, 6) is -1.35. The Kier molecular flexibility index (Phi) is 3.39. The number of carboxylic acids is 1. The highest BCUT2D eigenvalue weighted by Gasteiger charge is 2.38. The van der Waals surface area contributed by atoms with Gasteiger partial charge in [-0.1, -0.05) is 6.07 Å². The molecule has 0 aliphatic heterocycles. The van der Waals surface area contributed by atoms with Crippen LogP contribution in [0.4, 0.5) is 11.4 Å². The number of rotatable bonds is 5. The lowest BCUT2D eigenvalue weighted by molar-refractivity contribution is -0.384. The molecule has 0 bridgehead atoms. The molecule has 19 heavy (non-hydrogen) atoms. The van der Waals surface area contributed by atoms with Crippen LogP contribution in [0, 0.1) is 10.1 Å². The summed E-state index contributed by atoms with van der Waals surface area (Å²) in [6.45, 7) is -0.137. The van der Waals surface area contributed by atoms with Crippen LogP contribution in [-0.2, 0) is 0 Å². The Labute approximate surface area is 109 Å². The van der Waals surface area contributed by atoms with Crippen LogP contribution in [0.1, 0.15) is 29.6 Å². The molecule has 0 amide bonds. The van der Waals surface area contributed by atoms with Crippen LogP contribution in [0.15, 0.2) is 18.2 Å². The van der Waals surface area contributed by atoms with Crippen molar-refractivity contribution in [3.8, 4) is 0 Å². The standard InChI is InChI=1S/C12H14N2O5/c15-7-12(5-2-6-12)13-9-4-1-3-8(11(16)17)10(9)14(18)19/h1,3-4,13,15H,2,5-7H2,(H,16,17). The molecule has 2 rings (SSSR count). The Hall–Kier alpha value is -2.15. The Morgan fingerprint density at radius 2 is 2.16 bits per heavy atom. The number of nitro benzene ring substituents is 1. The normalized spacial score (nSPS) is 16.5. The van der Waals surface area contributed by atoms with Crippen molar-refractivity contribution in [2.75, 3.05) is 11.9 Å². The van der Waals surface area contributed by atoms with Crippen LogP contribution in [0.3, 0.4) is 0 Å². The second-order valence-corrected chi connectivity index (χ2v) is 4.68. The van der Waals surface area contributed by atoms with E-state index in [-0.39, 0.29) is 17.9 Å². The molecule has 1 aromatic rings. The number of aromatic carboxylic acids is 1. The lowest BCUT2D eigenvalue weighted by atomic mass is 9.77. The number of carbonyl (C=O) groups is 1. The van der Waals surface area contributed by atoms with Crippen LogP contribution >= 0.6 is 0 Å². The zero-order chi connectivity index (χ0) is 14.0. The number of nitrogens with one attached hydrogen (secondary N) is 1. The first-order valence-corrected chi connectivity index (χ1v) is 5.89. The first-order valence-electron chi connectivity index (χ1n) is 5.89. The fourth-order valence-electron chi connectivity index (χ4n) is 2.23. The summed E-state index contributed by atoms with van der Waals surface area (Å²) >= 11 is 0. The van der Waals surface area contributed by atoms with E-state index in [9.17, 15) is 20.0 Å². The third-order valence-electron chi connectivity index (χ3n) is 3.46. The van der Waals surface area contributed by atoms with Crippen molar-refractivity contribution >= 4 is 17.3 Å². The number of benzene rings is 1. The number of carboxylic acid groups (broad SMARTS) is 1. The maximum atomic E-state index is 11.1. The Morgan fingerprint density at radius 3 is 2.58 bits per heavy atom. The van der Waals surface area contributed by atoms with Crippen LogP contribution < -0.4 is 5.32 Å². The number of aliphatic hydroxyl groups is 1. The average molecular weight is 266 g/mol. The predicted octanol–water partition coefficient (Wildman–Crippen LogP) is 1.62. The molecule has 1 aliphatic carbocycles. The zero-order valence-corrected chi connectivity index (χ0v) is 10.1. The lowest BCUT2D eigenvalue weighted by Gasteiger charge is -2.41. The maximum absolute atomic E-state index is 11.1. The van der Waals surface area contributed by atoms with Crippen LogP contribution in [0.25, 0.3) is 0 Å². The molecule has 1 aromatic carbocycles. The highest BCUT2D eigenvalue weighted by molar-refractivity contribution is 5.95. The Bertz CT molecular complexity index is 519. The highest BCUT2D eigenvalue weighted by atomic mass is 16.6. The van der Waals surface area contributed by atoms with Crippen LogP contribution in [0.5, 0.6) is 0 Å². The van der Waals surface area contributed by atoms with Gasteiger partial charge in [0.1, 0.15) is 11.3 Å². The van der Waals surface area contributed by atoms with Gasteiger partial charge in [-0.3, -0.25) is 10.1 Å². The van der Waals surface area contributed by atoms with E-state index in [2.05, 4.69) is 5.32 Å². The second kappa shape index (κ2) is 4.85. The number of hydrogen-bond donors (Lipinski definition) is 3. The minimum atomic E-state index is -1.35. The molecular weight excluding hydrogens is 252 g/mol. The van der Waals surface area contributed by atoms with Gasteiger partial charge in [0.2, 0.25) is 0 Å². The molecule has 0 spiro atoms. The van der Waals surface area contributed by atoms with Gasteiger partial charge < -0.3 is 15.5 Å². The van der Waals surface area contributed by atoms with E-state index in [4.69, 9.17) is 5.11 Å². The van der Waals surface area contributed by atoms with Gasteiger partial charge in [-0.2, -0.15) is 0 Å². The average Bonchev–Trinajstić information content (AvgIpc) is 2.33. The SMILES string of the molecule is O=C(O)c1cccc(NC2(CO)CCC2)c1[N+](=O)[O-]. The van der Waals surface area contributed by atoms with E-state index in [1.165, 1.54) is 18.2 Å². The quantitative estimate of drug-likeness (QED) is 0.551. The fraction of sp³-hybridized carbons (Fsp3) is 0.417. The Morgan fingerprint density at radius 1 is 1.47 bits per heavy atom. The summed E-state index contributed by atoms with van der Waals surface area (Å²) in [6.07, 6.45) is 2.34. The van der Waals surface area contributed by atoms with Gasteiger partial charge in [0.05, 0.1) is 17.1 Å². The number of para-hydroxylation sites is 1. The number of hydrogen-bond acceptors (Lipinski definition) is 5. The van der Waals surface area contributed by atoms with Crippen LogP contribution in [0.2, 0.25) is 0 Å². The molecule has 0 radical (unpaired) electrons. The first-order chi connectivity index (χ1) is 8.99. The van der Waals surface area contributed by atoms with E-state index < -0.39 is 22.1 Å². The minimum absolute atomic E-state index is 0.137. The van der Waals surface area contributed by atoms with Gasteiger partial charge in [0.15, 0.2) is 0 Å². The van der Waals surface area contributed by atoms with E-state index in [1.807, 2.05) is 0 Å². The molecule has 7 heteroatoms. The van der Waals surface area contributed by atoms with E-state index >= 15 is 0 Å². The first kappa shape index (κ1) is 13.3. The van der Waals surface area contributed by atoms with Crippen molar-refractivity contribution in [3.63, 3.8) is 0 Å². The van der Waals surface area contributed by atoms with Gasteiger partial charge in [0.25, 0.3) is 0 Å². The van der Waals surface area contributed by atoms with Crippen molar-refractivity contribution in [1.29, 1.82) is 0 Å². The largest absolute Gasteiger partial charge is 0.477 e. The van der Waals surface area contributed by atoms with Gasteiger partial charge in [-0.05, 0) is 31.4 Å². The summed E-state index contributed by atoms with van der Waals surface area (Å²) < 4.78 is 0. The molecule has 0 saturated heterocycles. The van der Waals surface area contributed by atoms with E-state index in [1.54, 1.807) is 0 Å². The molecule has 0 atom stereocenters. The molecular formula is C12H14N2O5. The topological polar surface area (TPSA) is 113 Å². The molecule has 0 heterocycles. The molecule has 1 fully saturated rings. The molecule has 102 valence electrons. The molecule has 0 unspecified atom stereocenters. The Balaban J connectivity index is 2.42.